The highest BCUT2D eigenvalue weighted by Crippen LogP contribution is 2.08. The molecular formula is C17H17N3O2. The fourth-order valence-electron chi connectivity index (χ4n) is 2.24. The number of hydrogen-bond acceptors (Lipinski definition) is 3. The van der Waals surface area contributed by atoms with E-state index in [1.165, 1.54) is 6.08 Å². The molecule has 1 N–H and O–H groups in total. The van der Waals surface area contributed by atoms with Crippen molar-refractivity contribution in [2.75, 3.05) is 6.54 Å². The summed E-state index contributed by atoms with van der Waals surface area (Å²) in [6, 6.07) is 9.58. The second-order valence-electron chi connectivity index (χ2n) is 5.02. The highest BCUT2D eigenvalue weighted by atomic mass is 16.3. The Morgan fingerprint density at radius 2 is 2.27 bits per heavy atom. The molecule has 0 aliphatic rings. The minimum absolute atomic E-state index is 0.142. The van der Waals surface area contributed by atoms with Crippen molar-refractivity contribution in [1.29, 1.82) is 0 Å². The van der Waals surface area contributed by atoms with Gasteiger partial charge in [-0.3, -0.25) is 4.79 Å². The molecule has 3 aromatic heterocycles. The standard InChI is InChI=1S/C17H17N3O2/c1-13-4-2-6-16-19-14(12-20(13)16)9-10-18-17(21)8-7-15-5-3-11-22-15/h2-8,11-12H,9-10H2,1H3,(H,18,21)/b8-7+. The summed E-state index contributed by atoms with van der Waals surface area (Å²) in [5.41, 5.74) is 3.03. The zero-order valence-corrected chi connectivity index (χ0v) is 12.3. The van der Waals surface area contributed by atoms with Gasteiger partial charge >= 0.3 is 0 Å². The van der Waals surface area contributed by atoms with E-state index in [1.54, 1.807) is 24.5 Å². The van der Waals surface area contributed by atoms with Gasteiger partial charge in [0.1, 0.15) is 11.4 Å². The lowest BCUT2D eigenvalue weighted by molar-refractivity contribution is -0.116. The van der Waals surface area contributed by atoms with E-state index in [1.807, 2.05) is 35.7 Å². The Bertz CT molecular complexity index is 801. The molecule has 5 nitrogen and oxygen atoms in total. The van der Waals surface area contributed by atoms with Crippen molar-refractivity contribution in [2.24, 2.45) is 0 Å². The second-order valence-corrected chi connectivity index (χ2v) is 5.02. The number of fused-ring (bicyclic) bond motifs is 1. The summed E-state index contributed by atoms with van der Waals surface area (Å²) in [6.45, 7) is 2.59. The van der Waals surface area contributed by atoms with Gasteiger partial charge in [0, 0.05) is 30.9 Å². The van der Waals surface area contributed by atoms with Crippen molar-refractivity contribution in [3.05, 3.63) is 66.0 Å². The molecule has 3 heterocycles. The molecule has 0 fully saturated rings. The average molecular weight is 295 g/mol. The van der Waals surface area contributed by atoms with Crippen LogP contribution >= 0.6 is 0 Å². The number of rotatable bonds is 5. The Morgan fingerprint density at radius 1 is 1.36 bits per heavy atom. The Kier molecular flexibility index (Phi) is 4.05. The number of nitrogens with one attached hydrogen (secondary N) is 1. The summed E-state index contributed by atoms with van der Waals surface area (Å²) in [5.74, 6) is 0.516. The molecule has 0 saturated carbocycles. The van der Waals surface area contributed by atoms with Crippen LogP contribution in [0.2, 0.25) is 0 Å². The monoisotopic (exact) mass is 295 g/mol. The predicted octanol–water partition coefficient (Wildman–Crippen LogP) is 2.61. The molecule has 3 aromatic rings. The number of amides is 1. The summed E-state index contributed by atoms with van der Waals surface area (Å²) in [4.78, 5) is 16.2. The van der Waals surface area contributed by atoms with Crippen LogP contribution in [0.1, 0.15) is 17.1 Å². The number of aryl methyl sites for hydroxylation is 1. The molecule has 5 heteroatoms. The van der Waals surface area contributed by atoms with Crippen LogP contribution in [0, 0.1) is 6.92 Å². The van der Waals surface area contributed by atoms with Crippen LogP contribution in [0.5, 0.6) is 0 Å². The Balaban J connectivity index is 1.53. The number of nitrogens with zero attached hydrogens (tertiary/aromatic N) is 2. The average Bonchev–Trinajstić information content (AvgIpc) is 3.14. The number of imidazole rings is 1. The normalized spacial score (nSPS) is 11.3. The van der Waals surface area contributed by atoms with Gasteiger partial charge in [-0.2, -0.15) is 0 Å². The van der Waals surface area contributed by atoms with E-state index in [0.717, 1.165) is 17.0 Å². The van der Waals surface area contributed by atoms with Crippen LogP contribution in [-0.2, 0) is 11.2 Å². The lowest BCUT2D eigenvalue weighted by Crippen LogP contribution is -2.23. The van der Waals surface area contributed by atoms with Crippen LogP contribution in [-0.4, -0.2) is 21.8 Å². The molecule has 0 radical (unpaired) electrons. The van der Waals surface area contributed by atoms with E-state index in [-0.39, 0.29) is 5.91 Å². The fourth-order valence-corrected chi connectivity index (χ4v) is 2.24. The third-order valence-electron chi connectivity index (χ3n) is 3.37. The molecule has 0 aromatic carbocycles. The molecule has 0 unspecified atom stereocenters. The van der Waals surface area contributed by atoms with Crippen molar-refractivity contribution < 1.29 is 9.21 Å². The largest absolute Gasteiger partial charge is 0.465 e. The topological polar surface area (TPSA) is 59.5 Å². The van der Waals surface area contributed by atoms with Crippen LogP contribution in [0.3, 0.4) is 0 Å². The molecule has 0 aliphatic carbocycles. The van der Waals surface area contributed by atoms with Gasteiger partial charge in [-0.15, -0.1) is 0 Å². The summed E-state index contributed by atoms with van der Waals surface area (Å²) in [6.07, 6.45) is 7.39. The molecule has 112 valence electrons. The maximum Gasteiger partial charge on any atom is 0.244 e. The predicted molar refractivity (Wildman–Crippen MR) is 84.4 cm³/mol. The minimum Gasteiger partial charge on any atom is -0.465 e. The molecule has 1 amide bonds. The maximum absolute atomic E-state index is 11.7. The molecule has 0 bridgehead atoms. The van der Waals surface area contributed by atoms with Crippen LogP contribution in [0.15, 0.2) is 53.3 Å². The van der Waals surface area contributed by atoms with Crippen molar-refractivity contribution in [3.63, 3.8) is 0 Å². The van der Waals surface area contributed by atoms with E-state index >= 15 is 0 Å². The first kappa shape index (κ1) is 14.1. The van der Waals surface area contributed by atoms with Crippen molar-refractivity contribution in [3.8, 4) is 0 Å². The minimum atomic E-state index is -0.142. The Morgan fingerprint density at radius 3 is 3.05 bits per heavy atom. The van der Waals surface area contributed by atoms with E-state index in [4.69, 9.17) is 4.42 Å². The van der Waals surface area contributed by atoms with Crippen molar-refractivity contribution in [1.82, 2.24) is 14.7 Å². The first-order chi connectivity index (χ1) is 10.7. The zero-order valence-electron chi connectivity index (χ0n) is 12.3. The molecule has 22 heavy (non-hydrogen) atoms. The maximum atomic E-state index is 11.7. The summed E-state index contributed by atoms with van der Waals surface area (Å²) in [5, 5.41) is 2.84. The molecule has 0 saturated heterocycles. The van der Waals surface area contributed by atoms with Crippen LogP contribution in [0.4, 0.5) is 0 Å². The van der Waals surface area contributed by atoms with Crippen molar-refractivity contribution in [2.45, 2.75) is 13.3 Å². The molecule has 0 atom stereocenters. The number of pyridine rings is 1. The van der Waals surface area contributed by atoms with Crippen LogP contribution < -0.4 is 5.32 Å². The van der Waals surface area contributed by atoms with Gasteiger partial charge in [0.2, 0.25) is 5.91 Å². The van der Waals surface area contributed by atoms with Gasteiger partial charge < -0.3 is 14.1 Å². The highest BCUT2D eigenvalue weighted by Gasteiger charge is 2.03. The van der Waals surface area contributed by atoms with Gasteiger partial charge in [-0.25, -0.2) is 4.98 Å². The molecular weight excluding hydrogens is 278 g/mol. The van der Waals surface area contributed by atoms with E-state index in [0.29, 0.717) is 18.7 Å². The summed E-state index contributed by atoms with van der Waals surface area (Å²) in [7, 11) is 0. The van der Waals surface area contributed by atoms with Gasteiger partial charge in [0.15, 0.2) is 0 Å². The number of aromatic nitrogens is 2. The first-order valence-corrected chi connectivity index (χ1v) is 7.15. The highest BCUT2D eigenvalue weighted by molar-refractivity contribution is 5.91. The lowest BCUT2D eigenvalue weighted by atomic mass is 10.3. The zero-order chi connectivity index (χ0) is 15.4. The van der Waals surface area contributed by atoms with E-state index < -0.39 is 0 Å². The van der Waals surface area contributed by atoms with Gasteiger partial charge in [0.25, 0.3) is 0 Å². The Hall–Kier alpha value is -2.82. The fraction of sp³-hybridized carbons (Fsp3) is 0.176. The summed E-state index contributed by atoms with van der Waals surface area (Å²) < 4.78 is 7.17. The Labute approximate surface area is 128 Å². The number of carbonyl (C=O) groups excluding carboxylic acids is 1. The number of carbonyl (C=O) groups is 1. The van der Waals surface area contributed by atoms with Gasteiger partial charge in [0.05, 0.1) is 12.0 Å². The second kappa shape index (κ2) is 6.30. The molecule has 3 rings (SSSR count). The smallest absolute Gasteiger partial charge is 0.244 e. The van der Waals surface area contributed by atoms with Crippen LogP contribution in [0.25, 0.3) is 11.7 Å². The van der Waals surface area contributed by atoms with E-state index in [9.17, 15) is 4.79 Å². The molecule has 0 aliphatic heterocycles. The third kappa shape index (κ3) is 3.25. The quantitative estimate of drug-likeness (QED) is 0.736. The van der Waals surface area contributed by atoms with Gasteiger partial charge in [-0.1, -0.05) is 6.07 Å². The van der Waals surface area contributed by atoms with E-state index in [2.05, 4.69) is 10.3 Å². The SMILES string of the molecule is Cc1cccc2nc(CCNC(=O)/C=C/c3ccco3)cn12. The molecule has 0 spiro atoms. The first-order valence-electron chi connectivity index (χ1n) is 7.15. The van der Waals surface area contributed by atoms with Crippen molar-refractivity contribution >= 4 is 17.6 Å². The lowest BCUT2D eigenvalue weighted by Gasteiger charge is -1.99. The number of furan rings is 1. The third-order valence-corrected chi connectivity index (χ3v) is 3.37. The summed E-state index contributed by atoms with van der Waals surface area (Å²) >= 11 is 0. The number of hydrogen-bond donors (Lipinski definition) is 1. The van der Waals surface area contributed by atoms with Gasteiger partial charge in [-0.05, 0) is 37.3 Å².